The number of carbonyl (C=O) groups excluding carboxylic acids is 1. The molecule has 2 aromatic carbocycles. The van der Waals surface area contributed by atoms with E-state index >= 15 is 0 Å². The zero-order valence-electron chi connectivity index (χ0n) is 16.3. The lowest BCUT2D eigenvalue weighted by atomic mass is 10.0. The maximum absolute atomic E-state index is 12.3. The fourth-order valence-corrected chi connectivity index (χ4v) is 3.54. The Hall–Kier alpha value is -3.23. The van der Waals surface area contributed by atoms with Crippen LogP contribution in [0.2, 0.25) is 5.02 Å². The van der Waals surface area contributed by atoms with Crippen LogP contribution in [0, 0.1) is 0 Å². The lowest BCUT2D eigenvalue weighted by Crippen LogP contribution is -2.47. The Morgan fingerprint density at radius 1 is 1.20 bits per heavy atom. The number of nitrogens with zero attached hydrogens (tertiary/aromatic N) is 5. The minimum atomic E-state index is -0.571. The van der Waals surface area contributed by atoms with Crippen LogP contribution >= 0.6 is 11.6 Å². The SMILES string of the molecule is CCN(C(=O)CO)C1CN(c2noc(-c3ccccc3)n2)N=C1c1ccc(Cl)cc1. The van der Waals surface area contributed by atoms with Gasteiger partial charge in [-0.2, -0.15) is 10.1 Å². The average Bonchev–Trinajstić information content (AvgIpc) is 3.43. The molecule has 0 aliphatic carbocycles. The monoisotopic (exact) mass is 425 g/mol. The van der Waals surface area contributed by atoms with Gasteiger partial charge in [0.2, 0.25) is 5.91 Å². The summed E-state index contributed by atoms with van der Waals surface area (Å²) in [6, 6.07) is 16.3. The highest BCUT2D eigenvalue weighted by molar-refractivity contribution is 6.30. The molecule has 1 aliphatic rings. The average molecular weight is 426 g/mol. The smallest absolute Gasteiger partial charge is 0.286 e. The quantitative estimate of drug-likeness (QED) is 0.652. The largest absolute Gasteiger partial charge is 0.387 e. The Kier molecular flexibility index (Phi) is 5.78. The Bertz CT molecular complexity index is 1050. The first-order valence-corrected chi connectivity index (χ1v) is 9.90. The van der Waals surface area contributed by atoms with Crippen molar-refractivity contribution in [3.05, 3.63) is 65.2 Å². The fourth-order valence-electron chi connectivity index (χ4n) is 3.41. The number of aliphatic hydroxyl groups is 1. The first-order valence-electron chi connectivity index (χ1n) is 9.52. The molecule has 0 fully saturated rings. The van der Waals surface area contributed by atoms with Gasteiger partial charge in [-0.3, -0.25) is 4.79 Å². The lowest BCUT2D eigenvalue weighted by molar-refractivity contribution is -0.134. The van der Waals surface area contributed by atoms with Gasteiger partial charge in [0.25, 0.3) is 11.8 Å². The molecule has 4 rings (SSSR count). The van der Waals surface area contributed by atoms with Gasteiger partial charge in [0, 0.05) is 22.7 Å². The number of halogens is 1. The van der Waals surface area contributed by atoms with Crippen molar-refractivity contribution < 1.29 is 14.4 Å². The van der Waals surface area contributed by atoms with E-state index in [2.05, 4.69) is 15.2 Å². The van der Waals surface area contributed by atoms with Gasteiger partial charge in [-0.25, -0.2) is 5.01 Å². The molecule has 1 atom stereocenters. The zero-order valence-corrected chi connectivity index (χ0v) is 17.0. The zero-order chi connectivity index (χ0) is 21.1. The number of likely N-dealkylation sites (N-methyl/N-ethyl adjacent to an activating group) is 1. The number of carbonyl (C=O) groups is 1. The number of anilines is 1. The summed E-state index contributed by atoms with van der Waals surface area (Å²) < 4.78 is 5.40. The third-order valence-corrected chi connectivity index (χ3v) is 5.12. The van der Waals surface area contributed by atoms with E-state index in [1.54, 1.807) is 22.0 Å². The molecule has 0 spiro atoms. The van der Waals surface area contributed by atoms with Gasteiger partial charge in [0.05, 0.1) is 18.3 Å². The third-order valence-electron chi connectivity index (χ3n) is 4.87. The number of hydrazone groups is 1. The van der Waals surface area contributed by atoms with E-state index in [0.717, 1.165) is 11.1 Å². The molecule has 0 saturated carbocycles. The Morgan fingerprint density at radius 3 is 2.60 bits per heavy atom. The normalized spacial score (nSPS) is 15.9. The lowest BCUT2D eigenvalue weighted by Gasteiger charge is -2.28. The molecule has 1 aliphatic heterocycles. The van der Waals surface area contributed by atoms with Crippen molar-refractivity contribution in [1.29, 1.82) is 0 Å². The van der Waals surface area contributed by atoms with Crippen LogP contribution in [0.1, 0.15) is 12.5 Å². The maximum atomic E-state index is 12.3. The Morgan fingerprint density at radius 2 is 1.93 bits per heavy atom. The van der Waals surface area contributed by atoms with Crippen LogP contribution in [0.3, 0.4) is 0 Å². The summed E-state index contributed by atoms with van der Waals surface area (Å²) >= 11 is 6.02. The molecule has 0 radical (unpaired) electrons. The van der Waals surface area contributed by atoms with Crippen LogP contribution < -0.4 is 5.01 Å². The number of hydrogen-bond donors (Lipinski definition) is 1. The van der Waals surface area contributed by atoms with Crippen molar-refractivity contribution in [2.45, 2.75) is 13.0 Å². The minimum absolute atomic E-state index is 0.301. The van der Waals surface area contributed by atoms with Crippen molar-refractivity contribution in [3.8, 4) is 11.5 Å². The van der Waals surface area contributed by atoms with Gasteiger partial charge in [0.15, 0.2) is 0 Å². The molecule has 0 saturated heterocycles. The van der Waals surface area contributed by atoms with Crippen molar-refractivity contribution in [2.24, 2.45) is 5.10 Å². The molecule has 0 bridgehead atoms. The highest BCUT2D eigenvalue weighted by atomic mass is 35.5. The van der Waals surface area contributed by atoms with Crippen LogP contribution in [0.15, 0.2) is 64.2 Å². The summed E-state index contributed by atoms with van der Waals surface area (Å²) in [6.07, 6.45) is 0. The predicted molar refractivity (Wildman–Crippen MR) is 113 cm³/mol. The first-order chi connectivity index (χ1) is 14.6. The molecule has 30 heavy (non-hydrogen) atoms. The topological polar surface area (TPSA) is 95.1 Å². The van der Waals surface area contributed by atoms with Gasteiger partial charge in [-0.15, -0.1) is 0 Å². The third kappa shape index (κ3) is 3.92. The van der Waals surface area contributed by atoms with E-state index in [1.807, 2.05) is 49.4 Å². The van der Waals surface area contributed by atoms with Crippen LogP contribution in [-0.4, -0.2) is 57.5 Å². The van der Waals surface area contributed by atoms with Gasteiger partial charge < -0.3 is 14.5 Å². The van der Waals surface area contributed by atoms with Crippen molar-refractivity contribution in [2.75, 3.05) is 24.7 Å². The van der Waals surface area contributed by atoms with Crippen molar-refractivity contribution in [3.63, 3.8) is 0 Å². The van der Waals surface area contributed by atoms with Crippen LogP contribution in [0.4, 0.5) is 5.95 Å². The highest BCUT2D eigenvalue weighted by Crippen LogP contribution is 2.26. The van der Waals surface area contributed by atoms with E-state index in [0.29, 0.717) is 35.7 Å². The molecule has 1 aromatic heterocycles. The standard InChI is InChI=1S/C21H20ClN5O3/c1-2-26(18(29)13-28)17-12-27(24-19(17)14-8-10-16(22)11-9-14)21-23-20(30-25-21)15-6-4-3-5-7-15/h3-11,17,28H,2,12-13H2,1H3. The maximum Gasteiger partial charge on any atom is 0.286 e. The van der Waals surface area contributed by atoms with E-state index in [1.165, 1.54) is 0 Å². The van der Waals surface area contributed by atoms with Crippen LogP contribution in [-0.2, 0) is 4.79 Å². The molecule has 8 nitrogen and oxygen atoms in total. The molecule has 154 valence electrons. The summed E-state index contributed by atoms with van der Waals surface area (Å²) in [4.78, 5) is 18.4. The molecule has 1 N–H and O–H groups in total. The van der Waals surface area contributed by atoms with Gasteiger partial charge >= 0.3 is 0 Å². The summed E-state index contributed by atoms with van der Waals surface area (Å²) in [5.74, 6) is 0.315. The number of amides is 1. The molecule has 1 amide bonds. The molecule has 3 aromatic rings. The van der Waals surface area contributed by atoms with E-state index in [-0.39, 0.29) is 11.9 Å². The van der Waals surface area contributed by atoms with E-state index in [9.17, 15) is 9.90 Å². The number of rotatable bonds is 6. The molecular formula is C21H20ClN5O3. The van der Waals surface area contributed by atoms with E-state index in [4.69, 9.17) is 16.1 Å². The predicted octanol–water partition coefficient (Wildman–Crippen LogP) is 2.82. The van der Waals surface area contributed by atoms with Crippen molar-refractivity contribution >= 4 is 29.2 Å². The molecule has 2 heterocycles. The molecule has 1 unspecified atom stereocenters. The summed E-state index contributed by atoms with van der Waals surface area (Å²) in [6.45, 7) is 2.05. The van der Waals surface area contributed by atoms with Gasteiger partial charge in [-0.05, 0) is 36.3 Å². The number of aliphatic hydroxyl groups excluding tert-OH is 1. The van der Waals surface area contributed by atoms with Crippen LogP contribution in [0.5, 0.6) is 0 Å². The number of aromatic nitrogens is 2. The summed E-state index contributed by atoms with van der Waals surface area (Å²) in [7, 11) is 0. The second kappa shape index (κ2) is 8.64. The Labute approximate surface area is 178 Å². The molecule has 9 heteroatoms. The molecular weight excluding hydrogens is 406 g/mol. The van der Waals surface area contributed by atoms with E-state index < -0.39 is 6.61 Å². The summed E-state index contributed by atoms with van der Waals surface area (Å²) in [5, 5.41) is 20.4. The second-order valence-corrected chi connectivity index (χ2v) is 7.13. The van der Waals surface area contributed by atoms with Gasteiger partial charge in [0.1, 0.15) is 6.61 Å². The highest BCUT2D eigenvalue weighted by Gasteiger charge is 2.36. The Balaban J connectivity index is 1.69. The van der Waals surface area contributed by atoms with Gasteiger partial charge in [-0.1, -0.05) is 41.9 Å². The first kappa shape index (κ1) is 20.1. The fraction of sp³-hybridized carbons (Fsp3) is 0.238. The number of hydrogen-bond acceptors (Lipinski definition) is 7. The van der Waals surface area contributed by atoms with Crippen LogP contribution in [0.25, 0.3) is 11.5 Å². The second-order valence-electron chi connectivity index (χ2n) is 6.69. The van der Waals surface area contributed by atoms with Crippen molar-refractivity contribution in [1.82, 2.24) is 15.0 Å². The summed E-state index contributed by atoms with van der Waals surface area (Å²) in [5.41, 5.74) is 2.30. The number of benzene rings is 2. The minimum Gasteiger partial charge on any atom is -0.387 e.